The van der Waals surface area contributed by atoms with E-state index in [4.69, 9.17) is 4.52 Å². The highest BCUT2D eigenvalue weighted by molar-refractivity contribution is 5.83. The number of hydrogen-bond acceptors (Lipinski definition) is 4. The zero-order chi connectivity index (χ0) is 14.2. The molecule has 0 unspecified atom stereocenters. The molecule has 2 aliphatic rings. The number of hydrogen-bond donors (Lipinski definition) is 0. The summed E-state index contributed by atoms with van der Waals surface area (Å²) in [7, 11) is 1.85. The number of carbonyl (C=O) groups is 1. The Kier molecular flexibility index (Phi) is 3.52. The fraction of sp³-hybridized carbons (Fsp3) is 0.800. The van der Waals surface area contributed by atoms with Crippen LogP contribution in [0.15, 0.2) is 4.52 Å². The minimum absolute atomic E-state index is 0.105. The van der Waals surface area contributed by atoms with Crippen molar-refractivity contribution in [2.75, 3.05) is 7.05 Å². The summed E-state index contributed by atoms with van der Waals surface area (Å²) >= 11 is 0. The zero-order valence-corrected chi connectivity index (χ0v) is 12.4. The molecule has 0 N–H and O–H groups in total. The molecule has 0 aliphatic heterocycles. The monoisotopic (exact) mass is 277 g/mol. The maximum absolute atomic E-state index is 12.6. The van der Waals surface area contributed by atoms with Crippen LogP contribution in [0.1, 0.15) is 69.5 Å². The third kappa shape index (κ3) is 2.45. The summed E-state index contributed by atoms with van der Waals surface area (Å²) in [5, 5.41) is 3.99. The van der Waals surface area contributed by atoms with E-state index >= 15 is 0 Å². The Balaban J connectivity index is 1.62. The van der Waals surface area contributed by atoms with Gasteiger partial charge in [0.25, 0.3) is 0 Å². The first-order valence-electron chi connectivity index (χ1n) is 7.73. The third-order valence-electron chi connectivity index (χ3n) is 4.63. The quantitative estimate of drug-likeness (QED) is 0.802. The lowest BCUT2D eigenvalue weighted by Gasteiger charge is -2.42. The Morgan fingerprint density at radius 2 is 2.20 bits per heavy atom. The Hall–Kier alpha value is -1.39. The molecule has 0 atom stereocenters. The first kappa shape index (κ1) is 13.6. The number of amides is 1. The van der Waals surface area contributed by atoms with Gasteiger partial charge in [0.05, 0.1) is 6.54 Å². The summed E-state index contributed by atoms with van der Waals surface area (Å²) in [6.45, 7) is 2.61. The average molecular weight is 277 g/mol. The van der Waals surface area contributed by atoms with Gasteiger partial charge in [0.2, 0.25) is 11.8 Å². The molecule has 0 spiro atoms. The summed E-state index contributed by atoms with van der Waals surface area (Å²) in [5.41, 5.74) is -0.105. The van der Waals surface area contributed by atoms with E-state index in [9.17, 15) is 4.79 Å². The van der Waals surface area contributed by atoms with E-state index in [-0.39, 0.29) is 11.3 Å². The van der Waals surface area contributed by atoms with Gasteiger partial charge in [0.15, 0.2) is 5.82 Å². The van der Waals surface area contributed by atoms with Crippen LogP contribution < -0.4 is 0 Å². The maximum atomic E-state index is 12.6. The van der Waals surface area contributed by atoms with Crippen LogP contribution in [0.2, 0.25) is 0 Å². The van der Waals surface area contributed by atoms with Crippen LogP contribution in [0.4, 0.5) is 0 Å². The standard InChI is InChI=1S/C15H23N3O2/c1-3-7-15(8-4-9-15)14(19)18(2)10-12-16-13(20-17-12)11-5-6-11/h11H,3-10H2,1-2H3. The van der Waals surface area contributed by atoms with Crippen molar-refractivity contribution in [2.24, 2.45) is 5.41 Å². The molecule has 1 heterocycles. The minimum Gasteiger partial charge on any atom is -0.339 e. The Labute approximate surface area is 119 Å². The van der Waals surface area contributed by atoms with Crippen LogP contribution >= 0.6 is 0 Å². The summed E-state index contributed by atoms with van der Waals surface area (Å²) < 4.78 is 5.24. The fourth-order valence-electron chi connectivity index (χ4n) is 3.17. The second-order valence-corrected chi connectivity index (χ2v) is 6.37. The Morgan fingerprint density at radius 3 is 2.75 bits per heavy atom. The first-order valence-corrected chi connectivity index (χ1v) is 7.73. The van der Waals surface area contributed by atoms with E-state index < -0.39 is 0 Å². The van der Waals surface area contributed by atoms with E-state index in [0.29, 0.717) is 18.3 Å². The van der Waals surface area contributed by atoms with Crippen LogP contribution in [0.5, 0.6) is 0 Å². The first-order chi connectivity index (χ1) is 9.64. The van der Waals surface area contributed by atoms with E-state index in [0.717, 1.165) is 44.4 Å². The van der Waals surface area contributed by atoms with E-state index in [1.807, 2.05) is 7.05 Å². The molecule has 0 aromatic carbocycles. The van der Waals surface area contributed by atoms with Crippen LogP contribution in [-0.2, 0) is 11.3 Å². The zero-order valence-electron chi connectivity index (χ0n) is 12.4. The van der Waals surface area contributed by atoms with Crippen molar-refractivity contribution in [3.05, 3.63) is 11.7 Å². The highest BCUT2D eigenvalue weighted by Crippen LogP contribution is 2.46. The van der Waals surface area contributed by atoms with Gasteiger partial charge < -0.3 is 9.42 Å². The van der Waals surface area contributed by atoms with Crippen molar-refractivity contribution in [3.8, 4) is 0 Å². The van der Waals surface area contributed by atoms with E-state index in [1.165, 1.54) is 6.42 Å². The molecule has 0 radical (unpaired) electrons. The summed E-state index contributed by atoms with van der Waals surface area (Å²) in [4.78, 5) is 18.8. The van der Waals surface area contributed by atoms with Gasteiger partial charge in [-0.1, -0.05) is 24.9 Å². The summed E-state index contributed by atoms with van der Waals surface area (Å²) in [5.74, 6) is 2.10. The van der Waals surface area contributed by atoms with Gasteiger partial charge in [-0.2, -0.15) is 4.98 Å². The lowest BCUT2D eigenvalue weighted by atomic mass is 9.65. The molecule has 2 fully saturated rings. The van der Waals surface area contributed by atoms with Crippen molar-refractivity contribution in [1.29, 1.82) is 0 Å². The molecule has 1 aromatic rings. The van der Waals surface area contributed by atoms with Gasteiger partial charge in [0.1, 0.15) is 0 Å². The lowest BCUT2D eigenvalue weighted by Crippen LogP contribution is -2.46. The van der Waals surface area contributed by atoms with Gasteiger partial charge in [-0.15, -0.1) is 0 Å². The minimum atomic E-state index is -0.105. The Bertz CT molecular complexity index is 489. The smallest absolute Gasteiger partial charge is 0.229 e. The van der Waals surface area contributed by atoms with Crippen LogP contribution in [-0.4, -0.2) is 28.0 Å². The largest absolute Gasteiger partial charge is 0.339 e. The molecule has 5 heteroatoms. The molecular formula is C15H23N3O2. The highest BCUT2D eigenvalue weighted by Gasteiger charge is 2.44. The average Bonchev–Trinajstić information content (AvgIpc) is 3.14. The van der Waals surface area contributed by atoms with Crippen LogP contribution in [0.25, 0.3) is 0 Å². The number of carbonyl (C=O) groups excluding carboxylic acids is 1. The highest BCUT2D eigenvalue weighted by atomic mass is 16.5. The topological polar surface area (TPSA) is 59.2 Å². The molecule has 1 amide bonds. The molecule has 0 bridgehead atoms. The van der Waals surface area contributed by atoms with E-state index in [1.54, 1.807) is 4.90 Å². The number of aromatic nitrogens is 2. The molecule has 2 aliphatic carbocycles. The van der Waals surface area contributed by atoms with Gasteiger partial charge in [-0.3, -0.25) is 4.79 Å². The molecule has 110 valence electrons. The van der Waals surface area contributed by atoms with Gasteiger partial charge in [0, 0.05) is 18.4 Å². The lowest BCUT2D eigenvalue weighted by molar-refractivity contribution is -0.147. The van der Waals surface area contributed by atoms with Crippen molar-refractivity contribution in [3.63, 3.8) is 0 Å². The van der Waals surface area contributed by atoms with Crippen LogP contribution in [0.3, 0.4) is 0 Å². The van der Waals surface area contributed by atoms with Crippen molar-refractivity contribution < 1.29 is 9.32 Å². The second kappa shape index (κ2) is 5.19. The molecule has 20 heavy (non-hydrogen) atoms. The van der Waals surface area contributed by atoms with Gasteiger partial charge in [-0.05, 0) is 32.1 Å². The van der Waals surface area contributed by atoms with Crippen LogP contribution in [0, 0.1) is 5.41 Å². The molecular weight excluding hydrogens is 254 g/mol. The predicted molar refractivity (Wildman–Crippen MR) is 73.9 cm³/mol. The van der Waals surface area contributed by atoms with Crippen molar-refractivity contribution in [2.45, 2.75) is 64.3 Å². The fourth-order valence-corrected chi connectivity index (χ4v) is 3.17. The van der Waals surface area contributed by atoms with E-state index in [2.05, 4.69) is 17.1 Å². The predicted octanol–water partition coefficient (Wildman–Crippen LogP) is 2.88. The number of nitrogens with zero attached hydrogens (tertiary/aromatic N) is 3. The molecule has 3 rings (SSSR count). The second-order valence-electron chi connectivity index (χ2n) is 6.37. The van der Waals surface area contributed by atoms with Gasteiger partial charge >= 0.3 is 0 Å². The summed E-state index contributed by atoms with van der Waals surface area (Å²) in [6, 6.07) is 0. The maximum Gasteiger partial charge on any atom is 0.229 e. The van der Waals surface area contributed by atoms with Gasteiger partial charge in [-0.25, -0.2) is 0 Å². The molecule has 5 nitrogen and oxygen atoms in total. The Morgan fingerprint density at radius 1 is 1.45 bits per heavy atom. The SMILES string of the molecule is CCCC1(C(=O)N(C)Cc2noc(C3CC3)n2)CCC1. The molecule has 2 saturated carbocycles. The third-order valence-corrected chi connectivity index (χ3v) is 4.63. The molecule has 1 aromatic heterocycles. The van der Waals surface area contributed by atoms with Crippen molar-refractivity contribution >= 4 is 5.91 Å². The summed E-state index contributed by atoms with van der Waals surface area (Å²) in [6.07, 6.45) is 7.59. The number of rotatable bonds is 6. The van der Waals surface area contributed by atoms with Crippen molar-refractivity contribution in [1.82, 2.24) is 15.0 Å². The normalized spacial score (nSPS) is 20.5. The molecule has 0 saturated heterocycles.